The highest BCUT2D eigenvalue weighted by atomic mass is 35.5. The summed E-state index contributed by atoms with van der Waals surface area (Å²) < 4.78 is 0. The summed E-state index contributed by atoms with van der Waals surface area (Å²) in [5.74, 6) is 0.170. The van der Waals surface area contributed by atoms with Crippen LogP contribution in [-0.2, 0) is 11.2 Å². The van der Waals surface area contributed by atoms with Gasteiger partial charge in [-0.15, -0.1) is 0 Å². The zero-order valence-electron chi connectivity index (χ0n) is 8.73. The van der Waals surface area contributed by atoms with Gasteiger partial charge in [-0.1, -0.05) is 17.7 Å². The van der Waals surface area contributed by atoms with E-state index in [2.05, 4.69) is 4.98 Å². The van der Waals surface area contributed by atoms with Crippen LogP contribution < -0.4 is 0 Å². The number of ketones is 1. The largest absolute Gasteiger partial charge is 0.361 e. The summed E-state index contributed by atoms with van der Waals surface area (Å²) in [6.07, 6.45) is 2.36. The summed E-state index contributed by atoms with van der Waals surface area (Å²) in [6, 6.07) is 3.83. The van der Waals surface area contributed by atoms with Crippen molar-refractivity contribution in [3.05, 3.63) is 34.5 Å². The zero-order chi connectivity index (χ0) is 11.0. The van der Waals surface area contributed by atoms with Gasteiger partial charge in [0, 0.05) is 23.0 Å². The summed E-state index contributed by atoms with van der Waals surface area (Å²) in [6.45, 7) is 3.57. The molecule has 2 nitrogen and oxygen atoms in total. The van der Waals surface area contributed by atoms with Gasteiger partial charge in [-0.3, -0.25) is 4.79 Å². The lowest BCUT2D eigenvalue weighted by Gasteiger charge is -2.00. The summed E-state index contributed by atoms with van der Waals surface area (Å²) >= 11 is 6.02. The molecule has 0 amide bonds. The van der Waals surface area contributed by atoms with Gasteiger partial charge in [0.1, 0.15) is 5.78 Å². The summed E-state index contributed by atoms with van der Waals surface area (Å²) in [5.41, 5.74) is 3.10. The number of aromatic nitrogens is 1. The highest BCUT2D eigenvalue weighted by Gasteiger charge is 2.08. The minimum absolute atomic E-state index is 0.170. The second kappa shape index (κ2) is 3.70. The van der Waals surface area contributed by atoms with Crippen LogP contribution in [0.4, 0.5) is 0 Å². The molecule has 15 heavy (non-hydrogen) atoms. The Kier molecular flexibility index (Phi) is 2.53. The molecule has 2 rings (SSSR count). The van der Waals surface area contributed by atoms with E-state index >= 15 is 0 Å². The Morgan fingerprint density at radius 1 is 1.47 bits per heavy atom. The molecule has 0 radical (unpaired) electrons. The fourth-order valence-corrected chi connectivity index (χ4v) is 1.95. The molecule has 0 unspecified atom stereocenters. The van der Waals surface area contributed by atoms with Gasteiger partial charge < -0.3 is 4.98 Å². The average molecular weight is 222 g/mol. The predicted octanol–water partition coefficient (Wildman–Crippen LogP) is 3.26. The third-order valence-corrected chi connectivity index (χ3v) is 2.98. The SMILES string of the molecule is CC(=O)Cc1c[nH]c2c(C)c(Cl)ccc12. The summed E-state index contributed by atoms with van der Waals surface area (Å²) in [4.78, 5) is 14.2. The van der Waals surface area contributed by atoms with Crippen molar-refractivity contribution in [1.29, 1.82) is 0 Å². The normalized spacial score (nSPS) is 10.9. The number of Topliss-reactive ketones (excluding diaryl/α,β-unsaturated/α-hetero) is 1. The molecule has 1 aromatic heterocycles. The van der Waals surface area contributed by atoms with Crippen LogP contribution in [-0.4, -0.2) is 10.8 Å². The maximum absolute atomic E-state index is 11.1. The number of fused-ring (bicyclic) bond motifs is 1. The fraction of sp³-hybridized carbons (Fsp3) is 0.250. The maximum Gasteiger partial charge on any atom is 0.134 e. The third-order valence-electron chi connectivity index (χ3n) is 2.57. The Hall–Kier alpha value is -1.28. The molecule has 0 saturated heterocycles. The first-order valence-corrected chi connectivity index (χ1v) is 5.22. The van der Waals surface area contributed by atoms with Crippen LogP contribution in [0.1, 0.15) is 18.1 Å². The lowest BCUT2D eigenvalue weighted by molar-refractivity contribution is -0.116. The molecule has 78 valence electrons. The van der Waals surface area contributed by atoms with E-state index in [4.69, 9.17) is 11.6 Å². The highest BCUT2D eigenvalue weighted by Crippen LogP contribution is 2.27. The van der Waals surface area contributed by atoms with Crippen LogP contribution >= 0.6 is 11.6 Å². The second-order valence-corrected chi connectivity index (χ2v) is 4.19. The van der Waals surface area contributed by atoms with Gasteiger partial charge in [0.05, 0.1) is 5.52 Å². The van der Waals surface area contributed by atoms with Crippen molar-refractivity contribution >= 4 is 28.3 Å². The van der Waals surface area contributed by atoms with Gasteiger partial charge in [0.2, 0.25) is 0 Å². The monoisotopic (exact) mass is 221 g/mol. The minimum atomic E-state index is 0.170. The van der Waals surface area contributed by atoms with Crippen LogP contribution in [0, 0.1) is 6.92 Å². The Labute approximate surface area is 93.2 Å². The Morgan fingerprint density at radius 3 is 2.87 bits per heavy atom. The number of hydrogen-bond acceptors (Lipinski definition) is 1. The molecule has 3 heteroatoms. The van der Waals surface area contributed by atoms with E-state index < -0.39 is 0 Å². The van der Waals surface area contributed by atoms with Gasteiger partial charge in [0.25, 0.3) is 0 Å². The molecular formula is C12H12ClNO. The van der Waals surface area contributed by atoms with E-state index in [0.717, 1.165) is 27.1 Å². The molecular weight excluding hydrogens is 210 g/mol. The van der Waals surface area contributed by atoms with Gasteiger partial charge >= 0.3 is 0 Å². The Bertz CT molecular complexity index is 528. The van der Waals surface area contributed by atoms with Crippen molar-refractivity contribution in [2.24, 2.45) is 0 Å². The van der Waals surface area contributed by atoms with Crippen molar-refractivity contribution in [3.8, 4) is 0 Å². The van der Waals surface area contributed by atoms with Crippen LogP contribution in [0.15, 0.2) is 18.3 Å². The lowest BCUT2D eigenvalue weighted by Crippen LogP contribution is -1.94. The van der Waals surface area contributed by atoms with E-state index in [0.29, 0.717) is 6.42 Å². The van der Waals surface area contributed by atoms with Crippen LogP contribution in [0.5, 0.6) is 0 Å². The van der Waals surface area contributed by atoms with Crippen molar-refractivity contribution in [3.63, 3.8) is 0 Å². The molecule has 0 atom stereocenters. The Morgan fingerprint density at radius 2 is 2.20 bits per heavy atom. The molecule has 1 heterocycles. The number of carbonyl (C=O) groups is 1. The maximum atomic E-state index is 11.1. The molecule has 0 aliphatic carbocycles. The molecule has 0 saturated carbocycles. The average Bonchev–Trinajstić information content (AvgIpc) is 2.55. The van der Waals surface area contributed by atoms with E-state index in [1.807, 2.05) is 25.3 Å². The van der Waals surface area contributed by atoms with Crippen LogP contribution in [0.25, 0.3) is 10.9 Å². The molecule has 0 aliphatic rings. The summed E-state index contributed by atoms with van der Waals surface area (Å²) in [7, 11) is 0. The number of rotatable bonds is 2. The summed E-state index contributed by atoms with van der Waals surface area (Å²) in [5, 5.41) is 1.84. The van der Waals surface area contributed by atoms with Crippen LogP contribution in [0.3, 0.4) is 0 Å². The third kappa shape index (κ3) is 1.77. The van der Waals surface area contributed by atoms with E-state index in [1.54, 1.807) is 6.92 Å². The topological polar surface area (TPSA) is 32.9 Å². The highest BCUT2D eigenvalue weighted by molar-refractivity contribution is 6.32. The van der Waals surface area contributed by atoms with Crippen LogP contribution in [0.2, 0.25) is 5.02 Å². The number of aromatic amines is 1. The van der Waals surface area contributed by atoms with Gasteiger partial charge in [-0.2, -0.15) is 0 Å². The Balaban J connectivity index is 2.61. The smallest absolute Gasteiger partial charge is 0.134 e. The molecule has 1 aromatic carbocycles. The van der Waals surface area contributed by atoms with E-state index in [1.165, 1.54) is 0 Å². The number of benzene rings is 1. The van der Waals surface area contributed by atoms with Gasteiger partial charge in [0.15, 0.2) is 0 Å². The molecule has 0 spiro atoms. The van der Waals surface area contributed by atoms with Crippen molar-refractivity contribution in [2.75, 3.05) is 0 Å². The molecule has 0 fully saturated rings. The number of halogens is 1. The molecule has 2 aromatic rings. The quantitative estimate of drug-likeness (QED) is 0.830. The predicted molar refractivity (Wildman–Crippen MR) is 62.4 cm³/mol. The standard InChI is InChI=1S/C12H12ClNO/c1-7(15)5-9-6-14-12-8(2)11(13)4-3-10(9)12/h3-4,6,14H,5H2,1-2H3. The van der Waals surface area contributed by atoms with Crippen molar-refractivity contribution < 1.29 is 4.79 Å². The molecule has 1 N–H and O–H groups in total. The number of carbonyl (C=O) groups excluding carboxylic acids is 1. The number of H-pyrrole nitrogens is 1. The zero-order valence-corrected chi connectivity index (χ0v) is 9.48. The number of aryl methyl sites for hydroxylation is 1. The fourth-order valence-electron chi connectivity index (χ4n) is 1.79. The number of nitrogens with one attached hydrogen (secondary N) is 1. The number of hydrogen-bond donors (Lipinski definition) is 1. The first kappa shape index (κ1) is 10.2. The van der Waals surface area contributed by atoms with Crippen molar-refractivity contribution in [2.45, 2.75) is 20.3 Å². The second-order valence-electron chi connectivity index (χ2n) is 3.79. The molecule has 0 bridgehead atoms. The van der Waals surface area contributed by atoms with Crippen molar-refractivity contribution in [1.82, 2.24) is 4.98 Å². The first-order valence-electron chi connectivity index (χ1n) is 4.84. The minimum Gasteiger partial charge on any atom is -0.361 e. The van der Waals surface area contributed by atoms with Gasteiger partial charge in [-0.25, -0.2) is 0 Å². The van der Waals surface area contributed by atoms with Gasteiger partial charge in [-0.05, 0) is 31.0 Å². The first-order chi connectivity index (χ1) is 7.09. The van der Waals surface area contributed by atoms with E-state index in [-0.39, 0.29) is 5.78 Å². The lowest BCUT2D eigenvalue weighted by atomic mass is 10.1. The molecule has 0 aliphatic heterocycles. The van der Waals surface area contributed by atoms with E-state index in [9.17, 15) is 4.79 Å².